The molecule has 0 fully saturated rings. The van der Waals surface area contributed by atoms with Gasteiger partial charge in [-0.1, -0.05) is 13.8 Å². The van der Waals surface area contributed by atoms with Crippen LogP contribution in [0.2, 0.25) is 0 Å². The maximum absolute atomic E-state index is 4.45. The summed E-state index contributed by atoms with van der Waals surface area (Å²) in [6, 6.07) is 2.74. The number of hydrogen-bond donors (Lipinski definition) is 1. The summed E-state index contributed by atoms with van der Waals surface area (Å²) in [6.07, 6.45) is 4.36. The summed E-state index contributed by atoms with van der Waals surface area (Å²) in [7, 11) is 0. The molecule has 0 unspecified atom stereocenters. The van der Waals surface area contributed by atoms with Crippen LogP contribution in [0.3, 0.4) is 0 Å². The lowest BCUT2D eigenvalue weighted by atomic mass is 10.1. The minimum atomic E-state index is 0.520. The van der Waals surface area contributed by atoms with Gasteiger partial charge in [0.25, 0.3) is 0 Å². The van der Waals surface area contributed by atoms with E-state index < -0.39 is 0 Å². The standard InChI is InChI=1S/C16H29N3/c1-6-8-17-11-15-12-18-14(5)10-16(15)19(9-7-2)13(3)4/h10,12-13,17H,6-9,11H2,1-5H3. The van der Waals surface area contributed by atoms with E-state index in [1.807, 2.05) is 6.20 Å². The van der Waals surface area contributed by atoms with Gasteiger partial charge in [0, 0.05) is 42.3 Å². The van der Waals surface area contributed by atoms with Gasteiger partial charge in [-0.15, -0.1) is 0 Å². The molecular weight excluding hydrogens is 234 g/mol. The third kappa shape index (κ3) is 4.83. The summed E-state index contributed by atoms with van der Waals surface area (Å²) in [6.45, 7) is 14.1. The zero-order valence-corrected chi connectivity index (χ0v) is 13.2. The van der Waals surface area contributed by atoms with E-state index in [0.717, 1.165) is 31.7 Å². The van der Waals surface area contributed by atoms with Crippen molar-refractivity contribution in [2.75, 3.05) is 18.0 Å². The normalized spacial score (nSPS) is 11.1. The van der Waals surface area contributed by atoms with Crippen LogP contribution in [0.15, 0.2) is 12.3 Å². The molecule has 0 aromatic carbocycles. The van der Waals surface area contributed by atoms with Crippen LogP contribution in [0, 0.1) is 6.92 Å². The van der Waals surface area contributed by atoms with Gasteiger partial charge in [-0.2, -0.15) is 0 Å². The molecular formula is C16H29N3. The van der Waals surface area contributed by atoms with Gasteiger partial charge in [0.1, 0.15) is 0 Å². The summed E-state index contributed by atoms with van der Waals surface area (Å²) in [5.41, 5.74) is 3.74. The van der Waals surface area contributed by atoms with E-state index in [0.29, 0.717) is 6.04 Å². The molecule has 0 bridgehead atoms. The number of nitrogens with zero attached hydrogens (tertiary/aromatic N) is 2. The molecule has 0 amide bonds. The van der Waals surface area contributed by atoms with E-state index in [1.165, 1.54) is 17.7 Å². The van der Waals surface area contributed by atoms with E-state index >= 15 is 0 Å². The Morgan fingerprint density at radius 1 is 1.26 bits per heavy atom. The zero-order valence-electron chi connectivity index (χ0n) is 13.2. The highest BCUT2D eigenvalue weighted by Crippen LogP contribution is 2.23. The number of anilines is 1. The van der Waals surface area contributed by atoms with Gasteiger partial charge < -0.3 is 10.2 Å². The van der Waals surface area contributed by atoms with E-state index in [1.54, 1.807) is 0 Å². The first-order valence-corrected chi connectivity index (χ1v) is 7.53. The molecule has 0 spiro atoms. The van der Waals surface area contributed by atoms with Crippen molar-refractivity contribution in [3.05, 3.63) is 23.5 Å². The number of nitrogens with one attached hydrogen (secondary N) is 1. The maximum Gasteiger partial charge on any atom is 0.0447 e. The fourth-order valence-electron chi connectivity index (χ4n) is 2.27. The van der Waals surface area contributed by atoms with Crippen molar-refractivity contribution in [3.63, 3.8) is 0 Å². The third-order valence-corrected chi connectivity index (χ3v) is 3.24. The number of pyridine rings is 1. The number of aryl methyl sites for hydroxylation is 1. The Morgan fingerprint density at radius 3 is 2.58 bits per heavy atom. The summed E-state index contributed by atoms with van der Waals surface area (Å²) in [5.74, 6) is 0. The lowest BCUT2D eigenvalue weighted by Gasteiger charge is -2.31. The quantitative estimate of drug-likeness (QED) is 0.727. The first-order chi connectivity index (χ1) is 9.10. The first kappa shape index (κ1) is 16.0. The molecule has 3 heteroatoms. The summed E-state index contributed by atoms with van der Waals surface area (Å²) < 4.78 is 0. The molecule has 1 rings (SSSR count). The lowest BCUT2D eigenvalue weighted by molar-refractivity contribution is 0.646. The third-order valence-electron chi connectivity index (χ3n) is 3.24. The molecule has 0 radical (unpaired) electrons. The van der Waals surface area contributed by atoms with Crippen LogP contribution in [-0.4, -0.2) is 24.1 Å². The van der Waals surface area contributed by atoms with E-state index in [2.05, 4.69) is 55.9 Å². The van der Waals surface area contributed by atoms with Gasteiger partial charge >= 0.3 is 0 Å². The van der Waals surface area contributed by atoms with Crippen LogP contribution in [0.25, 0.3) is 0 Å². The minimum Gasteiger partial charge on any atom is -0.369 e. The van der Waals surface area contributed by atoms with Crippen LogP contribution >= 0.6 is 0 Å². The Hall–Kier alpha value is -1.09. The molecule has 0 saturated carbocycles. The average Bonchev–Trinajstić information content (AvgIpc) is 2.37. The fourth-order valence-corrected chi connectivity index (χ4v) is 2.27. The lowest BCUT2D eigenvalue weighted by Crippen LogP contribution is -2.33. The second-order valence-electron chi connectivity index (χ2n) is 5.42. The predicted octanol–water partition coefficient (Wildman–Crippen LogP) is 3.51. The Balaban J connectivity index is 2.96. The molecule has 108 valence electrons. The molecule has 0 aliphatic heterocycles. The highest BCUT2D eigenvalue weighted by Gasteiger charge is 2.14. The molecule has 1 heterocycles. The zero-order chi connectivity index (χ0) is 14.3. The summed E-state index contributed by atoms with van der Waals surface area (Å²) in [4.78, 5) is 6.94. The minimum absolute atomic E-state index is 0.520. The molecule has 0 aliphatic rings. The molecule has 3 nitrogen and oxygen atoms in total. The average molecular weight is 263 g/mol. The van der Waals surface area contributed by atoms with Crippen LogP contribution < -0.4 is 10.2 Å². The SMILES string of the molecule is CCCNCc1cnc(C)cc1N(CCC)C(C)C. The fraction of sp³-hybridized carbons (Fsp3) is 0.688. The van der Waals surface area contributed by atoms with Crippen LogP contribution in [-0.2, 0) is 6.54 Å². The monoisotopic (exact) mass is 263 g/mol. The van der Waals surface area contributed by atoms with Gasteiger partial charge in [-0.3, -0.25) is 4.98 Å². The van der Waals surface area contributed by atoms with Crippen molar-refractivity contribution in [1.82, 2.24) is 10.3 Å². The number of rotatable bonds is 8. The largest absolute Gasteiger partial charge is 0.369 e. The van der Waals surface area contributed by atoms with Crippen LogP contribution in [0.4, 0.5) is 5.69 Å². The second-order valence-corrected chi connectivity index (χ2v) is 5.42. The smallest absolute Gasteiger partial charge is 0.0447 e. The molecule has 0 saturated heterocycles. The molecule has 0 atom stereocenters. The van der Waals surface area contributed by atoms with Gasteiger partial charge in [0.15, 0.2) is 0 Å². The van der Waals surface area contributed by atoms with E-state index in [-0.39, 0.29) is 0 Å². The van der Waals surface area contributed by atoms with Crippen molar-refractivity contribution >= 4 is 5.69 Å². The Kier molecular flexibility index (Phi) is 6.85. The summed E-state index contributed by atoms with van der Waals surface area (Å²) in [5, 5.41) is 3.48. The highest BCUT2D eigenvalue weighted by atomic mass is 15.2. The Labute approximate surface area is 118 Å². The van der Waals surface area contributed by atoms with Crippen molar-refractivity contribution < 1.29 is 0 Å². The molecule has 1 aromatic heterocycles. The van der Waals surface area contributed by atoms with Crippen molar-refractivity contribution in [2.45, 2.75) is 60.0 Å². The first-order valence-electron chi connectivity index (χ1n) is 7.53. The van der Waals surface area contributed by atoms with Crippen molar-refractivity contribution in [1.29, 1.82) is 0 Å². The van der Waals surface area contributed by atoms with Gasteiger partial charge in [0.2, 0.25) is 0 Å². The van der Waals surface area contributed by atoms with Crippen molar-refractivity contribution in [3.8, 4) is 0 Å². The van der Waals surface area contributed by atoms with Crippen molar-refractivity contribution in [2.24, 2.45) is 0 Å². The highest BCUT2D eigenvalue weighted by molar-refractivity contribution is 5.54. The second kappa shape index (κ2) is 8.16. The van der Waals surface area contributed by atoms with E-state index in [4.69, 9.17) is 0 Å². The van der Waals surface area contributed by atoms with E-state index in [9.17, 15) is 0 Å². The molecule has 19 heavy (non-hydrogen) atoms. The van der Waals surface area contributed by atoms with Gasteiger partial charge in [-0.25, -0.2) is 0 Å². The van der Waals surface area contributed by atoms with Gasteiger partial charge in [-0.05, 0) is 46.2 Å². The predicted molar refractivity (Wildman–Crippen MR) is 83.7 cm³/mol. The van der Waals surface area contributed by atoms with Gasteiger partial charge in [0.05, 0.1) is 0 Å². The Bertz CT molecular complexity index is 374. The number of hydrogen-bond acceptors (Lipinski definition) is 3. The topological polar surface area (TPSA) is 28.2 Å². The maximum atomic E-state index is 4.45. The molecule has 1 N–H and O–H groups in total. The summed E-state index contributed by atoms with van der Waals surface area (Å²) >= 11 is 0. The molecule has 0 aliphatic carbocycles. The Morgan fingerprint density at radius 2 is 2.00 bits per heavy atom. The van der Waals surface area contributed by atoms with Crippen LogP contribution in [0.1, 0.15) is 51.8 Å². The van der Waals surface area contributed by atoms with Crippen LogP contribution in [0.5, 0.6) is 0 Å². The molecule has 1 aromatic rings. The number of aromatic nitrogens is 1.